The first kappa shape index (κ1) is 12.8. The highest BCUT2D eigenvalue weighted by atomic mass is 16.3. The average molecular weight is 248 g/mol. The van der Waals surface area contributed by atoms with Crippen molar-refractivity contribution in [1.29, 1.82) is 0 Å². The molecule has 5 nitrogen and oxygen atoms in total. The van der Waals surface area contributed by atoms with E-state index in [9.17, 15) is 0 Å². The molecule has 0 aliphatic heterocycles. The molecule has 0 aliphatic rings. The molecular formula is C13H20N4O. The van der Waals surface area contributed by atoms with Gasteiger partial charge in [0.1, 0.15) is 11.6 Å². The van der Waals surface area contributed by atoms with Gasteiger partial charge >= 0.3 is 0 Å². The van der Waals surface area contributed by atoms with Gasteiger partial charge < -0.3 is 9.73 Å². The molecule has 0 fully saturated rings. The van der Waals surface area contributed by atoms with Crippen LogP contribution < -0.4 is 5.32 Å². The Bertz CT molecular complexity index is 501. The summed E-state index contributed by atoms with van der Waals surface area (Å²) in [7, 11) is 1.91. The van der Waals surface area contributed by atoms with Crippen LogP contribution in [0.25, 0.3) is 0 Å². The summed E-state index contributed by atoms with van der Waals surface area (Å²) in [6, 6.07) is 2.00. The van der Waals surface area contributed by atoms with E-state index in [2.05, 4.69) is 29.2 Å². The first-order valence-corrected chi connectivity index (χ1v) is 6.40. The topological polar surface area (TPSA) is 55.9 Å². The summed E-state index contributed by atoms with van der Waals surface area (Å²) >= 11 is 0. The summed E-state index contributed by atoms with van der Waals surface area (Å²) in [5, 5.41) is 7.62. The minimum absolute atomic E-state index is 0.726. The van der Waals surface area contributed by atoms with Crippen molar-refractivity contribution in [1.82, 2.24) is 20.1 Å². The minimum Gasteiger partial charge on any atom is -0.468 e. The van der Waals surface area contributed by atoms with Gasteiger partial charge in [-0.2, -0.15) is 5.10 Å². The van der Waals surface area contributed by atoms with Crippen LogP contribution in [0.1, 0.15) is 36.8 Å². The molecule has 0 atom stereocenters. The quantitative estimate of drug-likeness (QED) is 0.846. The van der Waals surface area contributed by atoms with E-state index in [4.69, 9.17) is 4.42 Å². The van der Waals surface area contributed by atoms with Gasteiger partial charge in [0.25, 0.3) is 0 Å². The predicted octanol–water partition coefficient (Wildman–Crippen LogP) is 1.76. The minimum atomic E-state index is 0.726. The van der Waals surface area contributed by atoms with Crippen molar-refractivity contribution in [3.63, 3.8) is 0 Å². The zero-order chi connectivity index (χ0) is 13.0. The van der Waals surface area contributed by atoms with Crippen LogP contribution in [0.5, 0.6) is 0 Å². The summed E-state index contributed by atoms with van der Waals surface area (Å²) in [4.78, 5) is 4.51. The second-order valence-corrected chi connectivity index (χ2v) is 4.21. The van der Waals surface area contributed by atoms with Crippen molar-refractivity contribution in [2.45, 2.75) is 39.8 Å². The van der Waals surface area contributed by atoms with Crippen LogP contribution in [0.3, 0.4) is 0 Å². The molecule has 5 heteroatoms. The Morgan fingerprint density at radius 3 is 2.83 bits per heavy atom. The van der Waals surface area contributed by atoms with Gasteiger partial charge in [0.15, 0.2) is 5.82 Å². The lowest BCUT2D eigenvalue weighted by molar-refractivity contribution is 0.485. The number of nitrogens with one attached hydrogen (secondary N) is 1. The standard InChI is InChI=1S/C13H20N4O/c1-4-12-15-13(5-2)17(16-12)9-10-6-7-18-11(10)8-14-3/h6-7,14H,4-5,8-9H2,1-3H3. The molecule has 0 spiro atoms. The molecule has 0 aromatic carbocycles. The number of furan rings is 1. The number of rotatable bonds is 6. The Morgan fingerprint density at radius 1 is 1.33 bits per heavy atom. The average Bonchev–Trinajstić information content (AvgIpc) is 2.97. The molecule has 2 aromatic rings. The highest BCUT2D eigenvalue weighted by Crippen LogP contribution is 2.13. The molecule has 0 unspecified atom stereocenters. The van der Waals surface area contributed by atoms with E-state index in [1.165, 1.54) is 0 Å². The molecule has 0 aliphatic carbocycles. The molecule has 0 amide bonds. The Morgan fingerprint density at radius 2 is 2.17 bits per heavy atom. The van der Waals surface area contributed by atoms with Crippen LogP contribution in [0.4, 0.5) is 0 Å². The second kappa shape index (κ2) is 5.82. The SMILES string of the molecule is CCc1nc(CC)n(Cc2ccoc2CNC)n1. The monoisotopic (exact) mass is 248 g/mol. The lowest BCUT2D eigenvalue weighted by atomic mass is 10.2. The van der Waals surface area contributed by atoms with E-state index in [1.54, 1.807) is 6.26 Å². The van der Waals surface area contributed by atoms with Crippen molar-refractivity contribution in [3.8, 4) is 0 Å². The smallest absolute Gasteiger partial charge is 0.150 e. The Labute approximate surface area is 107 Å². The number of aromatic nitrogens is 3. The van der Waals surface area contributed by atoms with E-state index in [0.717, 1.165) is 48.9 Å². The van der Waals surface area contributed by atoms with Gasteiger partial charge in [0.05, 0.1) is 19.4 Å². The van der Waals surface area contributed by atoms with E-state index in [-0.39, 0.29) is 0 Å². The lowest BCUT2D eigenvalue weighted by Crippen LogP contribution is -2.10. The number of hydrogen-bond acceptors (Lipinski definition) is 4. The Kier molecular flexibility index (Phi) is 4.15. The molecular weight excluding hydrogens is 228 g/mol. The fourth-order valence-corrected chi connectivity index (χ4v) is 1.95. The highest BCUT2D eigenvalue weighted by Gasteiger charge is 2.11. The van der Waals surface area contributed by atoms with Gasteiger partial charge in [-0.25, -0.2) is 9.67 Å². The predicted molar refractivity (Wildman–Crippen MR) is 69.4 cm³/mol. The third-order valence-electron chi connectivity index (χ3n) is 2.92. The summed E-state index contributed by atoms with van der Waals surface area (Å²) in [5.41, 5.74) is 1.16. The molecule has 2 heterocycles. The Hall–Kier alpha value is -1.62. The van der Waals surface area contributed by atoms with Crippen LogP contribution in [0.15, 0.2) is 16.7 Å². The molecule has 2 rings (SSSR count). The molecule has 0 saturated carbocycles. The molecule has 0 radical (unpaired) electrons. The van der Waals surface area contributed by atoms with Gasteiger partial charge in [-0.1, -0.05) is 13.8 Å². The molecule has 1 N–H and O–H groups in total. The van der Waals surface area contributed by atoms with Crippen LogP contribution in [-0.4, -0.2) is 21.8 Å². The summed E-state index contributed by atoms with van der Waals surface area (Å²) < 4.78 is 7.43. The summed E-state index contributed by atoms with van der Waals surface area (Å²) in [6.07, 6.45) is 3.49. The molecule has 98 valence electrons. The highest BCUT2D eigenvalue weighted by molar-refractivity contribution is 5.17. The normalized spacial score (nSPS) is 11.1. The van der Waals surface area contributed by atoms with Crippen molar-refractivity contribution in [2.24, 2.45) is 0 Å². The van der Waals surface area contributed by atoms with Crippen molar-refractivity contribution in [3.05, 3.63) is 35.3 Å². The van der Waals surface area contributed by atoms with Gasteiger partial charge in [0, 0.05) is 18.4 Å². The maximum atomic E-state index is 5.46. The summed E-state index contributed by atoms with van der Waals surface area (Å²) in [6.45, 7) is 5.63. The van der Waals surface area contributed by atoms with Gasteiger partial charge in [0.2, 0.25) is 0 Å². The third-order valence-corrected chi connectivity index (χ3v) is 2.92. The van der Waals surface area contributed by atoms with Crippen LogP contribution in [0, 0.1) is 0 Å². The first-order chi connectivity index (χ1) is 8.78. The molecule has 18 heavy (non-hydrogen) atoms. The maximum Gasteiger partial charge on any atom is 0.150 e. The fraction of sp³-hybridized carbons (Fsp3) is 0.538. The van der Waals surface area contributed by atoms with Crippen molar-refractivity contribution < 1.29 is 4.42 Å². The zero-order valence-corrected chi connectivity index (χ0v) is 11.2. The van der Waals surface area contributed by atoms with E-state index in [1.807, 2.05) is 17.8 Å². The molecule has 2 aromatic heterocycles. The number of hydrogen-bond donors (Lipinski definition) is 1. The van der Waals surface area contributed by atoms with Gasteiger partial charge in [-0.05, 0) is 13.1 Å². The van der Waals surface area contributed by atoms with Crippen molar-refractivity contribution >= 4 is 0 Å². The van der Waals surface area contributed by atoms with Crippen molar-refractivity contribution in [2.75, 3.05) is 7.05 Å². The number of nitrogens with zero attached hydrogens (tertiary/aromatic N) is 3. The zero-order valence-electron chi connectivity index (χ0n) is 11.2. The molecule has 0 saturated heterocycles. The molecule has 0 bridgehead atoms. The van der Waals surface area contributed by atoms with E-state index < -0.39 is 0 Å². The van der Waals surface area contributed by atoms with Crippen LogP contribution in [-0.2, 0) is 25.9 Å². The van der Waals surface area contributed by atoms with E-state index in [0.29, 0.717) is 0 Å². The summed E-state index contributed by atoms with van der Waals surface area (Å²) in [5.74, 6) is 2.90. The second-order valence-electron chi connectivity index (χ2n) is 4.21. The first-order valence-electron chi connectivity index (χ1n) is 6.40. The van der Waals surface area contributed by atoms with E-state index >= 15 is 0 Å². The van der Waals surface area contributed by atoms with Gasteiger partial charge in [-0.3, -0.25) is 0 Å². The Balaban J connectivity index is 2.22. The van der Waals surface area contributed by atoms with Crippen LogP contribution >= 0.6 is 0 Å². The van der Waals surface area contributed by atoms with Gasteiger partial charge in [-0.15, -0.1) is 0 Å². The number of aryl methyl sites for hydroxylation is 2. The maximum absolute atomic E-state index is 5.46. The lowest BCUT2D eigenvalue weighted by Gasteiger charge is -2.04. The fourth-order valence-electron chi connectivity index (χ4n) is 1.95. The largest absolute Gasteiger partial charge is 0.468 e. The van der Waals surface area contributed by atoms with Crippen LogP contribution in [0.2, 0.25) is 0 Å². The third kappa shape index (κ3) is 2.61.